The van der Waals surface area contributed by atoms with Crippen LogP contribution in [0.15, 0.2) is 59.6 Å². The first-order valence-electron chi connectivity index (χ1n) is 11.8. The largest absolute Gasteiger partial charge is 0.353 e. The van der Waals surface area contributed by atoms with E-state index in [0.717, 1.165) is 48.9 Å². The van der Waals surface area contributed by atoms with Gasteiger partial charge in [-0.2, -0.15) is 0 Å². The number of carbonyl (C=O) groups excluding carboxylic acids is 1. The van der Waals surface area contributed by atoms with Crippen LogP contribution in [0, 0.1) is 0 Å². The topological polar surface area (TPSA) is 90.9 Å². The van der Waals surface area contributed by atoms with Crippen LogP contribution in [0.25, 0.3) is 0 Å². The Hall–Kier alpha value is -2.36. The number of thioether (sulfide) groups is 1. The number of hydrogen-bond donors (Lipinski definition) is 2. The molecule has 5 rings (SSSR count). The number of fused-ring (bicyclic) bond motifs is 1. The zero-order valence-corrected chi connectivity index (χ0v) is 20.7. The third-order valence-corrected chi connectivity index (χ3v) is 9.73. The van der Waals surface area contributed by atoms with Crippen molar-refractivity contribution in [1.29, 1.82) is 0 Å². The van der Waals surface area contributed by atoms with Gasteiger partial charge in [-0.25, -0.2) is 8.42 Å². The molecule has 9 heteroatoms. The Balaban J connectivity index is 1.05. The number of benzene rings is 2. The molecule has 3 aliphatic heterocycles. The summed E-state index contributed by atoms with van der Waals surface area (Å²) in [5, 5.41) is 7.28. The lowest BCUT2D eigenvalue weighted by Crippen LogP contribution is -2.44. The van der Waals surface area contributed by atoms with Gasteiger partial charge in [0.25, 0.3) is 0 Å². The molecule has 2 fully saturated rings. The van der Waals surface area contributed by atoms with E-state index in [4.69, 9.17) is 0 Å². The van der Waals surface area contributed by atoms with Gasteiger partial charge in [0.1, 0.15) is 0 Å². The number of sulfone groups is 1. The molecule has 0 spiro atoms. The van der Waals surface area contributed by atoms with Crippen LogP contribution >= 0.6 is 11.8 Å². The van der Waals surface area contributed by atoms with E-state index >= 15 is 0 Å². The van der Waals surface area contributed by atoms with Crippen molar-refractivity contribution in [2.24, 2.45) is 4.99 Å². The molecule has 34 heavy (non-hydrogen) atoms. The number of hydrogen-bond acceptors (Lipinski definition) is 7. The van der Waals surface area contributed by atoms with Crippen LogP contribution in [0.2, 0.25) is 0 Å². The maximum Gasteiger partial charge on any atom is 0.224 e. The van der Waals surface area contributed by atoms with Gasteiger partial charge in [0.15, 0.2) is 15.0 Å². The molecule has 2 unspecified atom stereocenters. The van der Waals surface area contributed by atoms with Crippen molar-refractivity contribution in [3.05, 3.63) is 65.7 Å². The smallest absolute Gasteiger partial charge is 0.224 e. The maximum absolute atomic E-state index is 12.6. The van der Waals surface area contributed by atoms with Gasteiger partial charge in [0.2, 0.25) is 5.91 Å². The predicted octanol–water partition coefficient (Wildman–Crippen LogP) is 2.69. The highest BCUT2D eigenvalue weighted by Gasteiger charge is 2.42. The van der Waals surface area contributed by atoms with Gasteiger partial charge in [-0.3, -0.25) is 14.7 Å². The minimum absolute atomic E-state index is 0.0284. The summed E-state index contributed by atoms with van der Waals surface area (Å²) >= 11 is 1.51. The zero-order valence-electron chi connectivity index (χ0n) is 19.0. The minimum Gasteiger partial charge on any atom is -0.353 e. The van der Waals surface area contributed by atoms with E-state index in [0.29, 0.717) is 6.42 Å². The zero-order chi connectivity index (χ0) is 23.5. The Kier molecular flexibility index (Phi) is 6.94. The average molecular weight is 499 g/mol. The van der Waals surface area contributed by atoms with Gasteiger partial charge in [0, 0.05) is 36.6 Å². The fourth-order valence-corrected chi connectivity index (χ4v) is 8.46. The summed E-state index contributed by atoms with van der Waals surface area (Å²) in [6.45, 7) is 2.96. The van der Waals surface area contributed by atoms with Gasteiger partial charge in [0.05, 0.1) is 24.0 Å². The number of amides is 1. The molecule has 2 aromatic rings. The number of piperidine rings is 1. The number of nitrogens with one attached hydrogen (secondary N) is 2. The van der Waals surface area contributed by atoms with Gasteiger partial charge in [-0.1, -0.05) is 54.2 Å². The van der Waals surface area contributed by atoms with Gasteiger partial charge < -0.3 is 10.6 Å². The number of rotatable bonds is 6. The highest BCUT2D eigenvalue weighted by atomic mass is 32.2. The van der Waals surface area contributed by atoms with Crippen molar-refractivity contribution in [2.75, 3.05) is 29.9 Å². The Labute approximate surface area is 205 Å². The monoisotopic (exact) mass is 498 g/mol. The maximum atomic E-state index is 12.6. The molecule has 1 amide bonds. The second kappa shape index (κ2) is 10.1. The molecule has 7 nitrogen and oxygen atoms in total. The average Bonchev–Trinajstić information content (AvgIpc) is 3.29. The van der Waals surface area contributed by atoms with Crippen molar-refractivity contribution in [2.45, 2.75) is 43.1 Å². The standard InChI is InChI=1S/C25H30N4O3S2/c30-24(26-21-10-12-29(13-11-21)15-19-4-2-1-3-5-19)14-18-6-8-20(9-7-18)27-25-28-22-16-34(31,32)17-23(22)33-25/h1-9,21-23H,10-17H2,(H,26,30)(H,27,28). The van der Waals surface area contributed by atoms with Crippen molar-refractivity contribution in [3.63, 3.8) is 0 Å². The first kappa shape index (κ1) is 23.4. The summed E-state index contributed by atoms with van der Waals surface area (Å²) in [7, 11) is -2.94. The van der Waals surface area contributed by atoms with E-state index in [2.05, 4.69) is 44.8 Å². The second-order valence-corrected chi connectivity index (χ2v) is 12.7. The van der Waals surface area contributed by atoms with Crippen molar-refractivity contribution in [1.82, 2.24) is 10.2 Å². The number of amidine groups is 1. The van der Waals surface area contributed by atoms with Crippen LogP contribution in [0.5, 0.6) is 0 Å². The van der Waals surface area contributed by atoms with E-state index in [9.17, 15) is 13.2 Å². The van der Waals surface area contributed by atoms with Crippen LogP contribution in [0.4, 0.5) is 5.69 Å². The summed E-state index contributed by atoms with van der Waals surface area (Å²) in [5.41, 5.74) is 3.19. The summed E-state index contributed by atoms with van der Waals surface area (Å²) in [6, 6.07) is 18.4. The highest BCUT2D eigenvalue weighted by Crippen LogP contribution is 2.34. The SMILES string of the molecule is O=C(Cc1ccc(NC2=NC3CS(=O)(=O)CC3S2)cc1)NC1CCN(Cc2ccccc2)CC1. The van der Waals surface area contributed by atoms with Crippen LogP contribution in [-0.2, 0) is 27.6 Å². The van der Waals surface area contributed by atoms with Gasteiger partial charge >= 0.3 is 0 Å². The quantitative estimate of drug-likeness (QED) is 0.637. The lowest BCUT2D eigenvalue weighted by Gasteiger charge is -2.32. The fraction of sp³-hybridized carbons (Fsp3) is 0.440. The van der Waals surface area contributed by atoms with E-state index in [1.807, 2.05) is 30.3 Å². The molecule has 2 saturated heterocycles. The Morgan fingerprint density at radius 1 is 1.00 bits per heavy atom. The third kappa shape index (κ3) is 6.00. The van der Waals surface area contributed by atoms with Gasteiger partial charge in [-0.15, -0.1) is 0 Å². The second-order valence-electron chi connectivity index (χ2n) is 9.34. The lowest BCUT2D eigenvalue weighted by atomic mass is 10.0. The predicted molar refractivity (Wildman–Crippen MR) is 138 cm³/mol. The first-order valence-corrected chi connectivity index (χ1v) is 14.5. The molecule has 3 aliphatic rings. The van der Waals surface area contributed by atoms with Crippen LogP contribution < -0.4 is 10.6 Å². The molecule has 0 radical (unpaired) electrons. The number of nitrogens with zero attached hydrogens (tertiary/aromatic N) is 2. The molecule has 0 aromatic heterocycles. The number of anilines is 1. The number of carbonyl (C=O) groups is 1. The summed E-state index contributed by atoms with van der Waals surface area (Å²) in [6.07, 6.45) is 2.32. The molecule has 0 aliphatic carbocycles. The van der Waals surface area contributed by atoms with Crippen molar-refractivity contribution >= 4 is 38.4 Å². The summed E-state index contributed by atoms with van der Waals surface area (Å²) in [4.78, 5) is 19.5. The number of likely N-dealkylation sites (tertiary alicyclic amines) is 1. The molecule has 2 atom stereocenters. The molecule has 3 heterocycles. The fourth-order valence-electron chi connectivity index (χ4n) is 4.79. The van der Waals surface area contributed by atoms with Crippen molar-refractivity contribution < 1.29 is 13.2 Å². The Bertz CT molecular complexity index is 1140. The molecule has 2 N–H and O–H groups in total. The normalized spacial score (nSPS) is 24.4. The van der Waals surface area contributed by atoms with E-state index < -0.39 is 9.84 Å². The molecule has 0 saturated carbocycles. The molecule has 0 bridgehead atoms. The summed E-state index contributed by atoms with van der Waals surface area (Å²) in [5.74, 6) is 0.416. The van der Waals surface area contributed by atoms with Gasteiger partial charge in [-0.05, 0) is 36.1 Å². The molecule has 2 aromatic carbocycles. The highest BCUT2D eigenvalue weighted by molar-refractivity contribution is 8.15. The van der Waals surface area contributed by atoms with Crippen molar-refractivity contribution in [3.8, 4) is 0 Å². The Morgan fingerprint density at radius 2 is 1.74 bits per heavy atom. The van der Waals surface area contributed by atoms with Crippen LogP contribution in [0.1, 0.15) is 24.0 Å². The summed E-state index contributed by atoms with van der Waals surface area (Å²) < 4.78 is 23.4. The third-order valence-electron chi connectivity index (χ3n) is 6.59. The van der Waals surface area contributed by atoms with E-state index in [-0.39, 0.29) is 34.7 Å². The van der Waals surface area contributed by atoms with E-state index in [1.165, 1.54) is 17.3 Å². The van der Waals surface area contributed by atoms with Crippen LogP contribution in [-0.4, -0.2) is 66.3 Å². The molecule has 180 valence electrons. The first-order chi connectivity index (χ1) is 16.4. The Morgan fingerprint density at radius 3 is 2.44 bits per heavy atom. The lowest BCUT2D eigenvalue weighted by molar-refractivity contribution is -0.121. The minimum atomic E-state index is -2.94. The molecular weight excluding hydrogens is 468 g/mol. The van der Waals surface area contributed by atoms with E-state index in [1.54, 1.807) is 0 Å². The number of aliphatic imine (C=N–C) groups is 1. The van der Waals surface area contributed by atoms with Crippen LogP contribution in [0.3, 0.4) is 0 Å². The molecular formula is C25H30N4O3S2.